The lowest BCUT2D eigenvalue weighted by molar-refractivity contribution is -0.146. The second-order valence-electron chi connectivity index (χ2n) is 14.8. The normalized spacial score (nSPS) is 26.0. The third-order valence-electron chi connectivity index (χ3n) is 9.93. The predicted octanol–water partition coefficient (Wildman–Crippen LogP) is 1.78. The summed E-state index contributed by atoms with van der Waals surface area (Å²) >= 11 is 0. The standard InChI is InChI=1S/C32H53N5O7S/c1-6-11-23(26(38)30(41)33-21-16-17-21)34-29(40)25-22-15-10-14-20(22)18-37(25)31(42)27(32(2,3)4)35-28(39)24(36-45(5,43)44)19-12-8-7-9-13-19/h19-25,27,36H,6-18H2,1-5H3,(H,33,41)(H,34,40)(H,35,39)/t20?,22?,23-,24-,25-,27+/m0/s1. The van der Waals surface area contributed by atoms with Crippen molar-refractivity contribution in [2.24, 2.45) is 23.2 Å². The zero-order chi connectivity index (χ0) is 33.1. The summed E-state index contributed by atoms with van der Waals surface area (Å²) in [5.74, 6) is -2.94. The Morgan fingerprint density at radius 1 is 0.889 bits per heavy atom. The quantitative estimate of drug-likeness (QED) is 0.220. The minimum absolute atomic E-state index is 0.0107. The first-order chi connectivity index (χ1) is 21.1. The molecule has 3 saturated carbocycles. The van der Waals surface area contributed by atoms with Crippen LogP contribution in [0.3, 0.4) is 0 Å². The Bertz CT molecular complexity index is 1240. The fraction of sp³-hybridized carbons (Fsp3) is 0.844. The third kappa shape index (κ3) is 9.05. The van der Waals surface area contributed by atoms with Crippen LogP contribution in [0, 0.1) is 23.2 Å². The maximum Gasteiger partial charge on any atom is 0.289 e. The first-order valence-electron chi connectivity index (χ1n) is 16.8. The van der Waals surface area contributed by atoms with Crippen LogP contribution in [0.5, 0.6) is 0 Å². The van der Waals surface area contributed by atoms with Gasteiger partial charge in [0.25, 0.3) is 5.91 Å². The number of rotatable bonds is 13. The highest BCUT2D eigenvalue weighted by Crippen LogP contribution is 2.43. The van der Waals surface area contributed by atoms with E-state index < -0.39 is 69.0 Å². The predicted molar refractivity (Wildman–Crippen MR) is 169 cm³/mol. The van der Waals surface area contributed by atoms with Crippen LogP contribution in [0.25, 0.3) is 0 Å². The molecule has 254 valence electrons. The van der Waals surface area contributed by atoms with Crippen molar-refractivity contribution >= 4 is 39.4 Å². The van der Waals surface area contributed by atoms with Crippen molar-refractivity contribution in [2.45, 2.75) is 135 Å². The highest BCUT2D eigenvalue weighted by atomic mass is 32.2. The number of likely N-dealkylation sites (tertiary alicyclic amines) is 1. The molecule has 0 spiro atoms. The van der Waals surface area contributed by atoms with Crippen molar-refractivity contribution in [3.63, 3.8) is 0 Å². The number of hydrogen-bond acceptors (Lipinski definition) is 7. The van der Waals surface area contributed by atoms with Gasteiger partial charge in [0.1, 0.15) is 18.1 Å². The Morgan fingerprint density at radius 3 is 2.13 bits per heavy atom. The van der Waals surface area contributed by atoms with Crippen LogP contribution in [0.4, 0.5) is 0 Å². The van der Waals surface area contributed by atoms with Gasteiger partial charge in [0.05, 0.1) is 12.3 Å². The molecule has 4 rings (SSSR count). The minimum atomic E-state index is -3.70. The highest BCUT2D eigenvalue weighted by Gasteiger charge is 2.52. The van der Waals surface area contributed by atoms with Gasteiger partial charge in [-0.15, -0.1) is 0 Å². The van der Waals surface area contributed by atoms with E-state index in [4.69, 9.17) is 0 Å². The number of hydrogen-bond donors (Lipinski definition) is 4. The van der Waals surface area contributed by atoms with Crippen molar-refractivity contribution in [1.82, 2.24) is 25.6 Å². The molecule has 4 N–H and O–H groups in total. The van der Waals surface area contributed by atoms with Gasteiger partial charge in [-0.1, -0.05) is 59.8 Å². The van der Waals surface area contributed by atoms with Gasteiger partial charge in [0.15, 0.2) is 0 Å². The van der Waals surface area contributed by atoms with Crippen LogP contribution >= 0.6 is 0 Å². The molecule has 4 amide bonds. The molecule has 1 aliphatic heterocycles. The Morgan fingerprint density at radius 2 is 1.56 bits per heavy atom. The van der Waals surface area contributed by atoms with E-state index in [2.05, 4.69) is 20.7 Å². The number of fused-ring (bicyclic) bond motifs is 1. The molecule has 0 bridgehead atoms. The van der Waals surface area contributed by atoms with Crippen LogP contribution in [0.1, 0.15) is 105 Å². The number of amides is 4. The summed E-state index contributed by atoms with van der Waals surface area (Å²) in [6, 6.07) is -3.85. The maximum absolute atomic E-state index is 14.4. The molecule has 2 unspecified atom stereocenters. The first kappa shape index (κ1) is 35.3. The Labute approximate surface area is 268 Å². The zero-order valence-corrected chi connectivity index (χ0v) is 28.3. The molecule has 6 atom stereocenters. The van der Waals surface area contributed by atoms with E-state index in [9.17, 15) is 32.4 Å². The van der Waals surface area contributed by atoms with Gasteiger partial charge in [-0.3, -0.25) is 24.0 Å². The van der Waals surface area contributed by atoms with E-state index in [-0.39, 0.29) is 23.8 Å². The molecule has 12 nitrogen and oxygen atoms in total. The van der Waals surface area contributed by atoms with Gasteiger partial charge >= 0.3 is 0 Å². The highest BCUT2D eigenvalue weighted by molar-refractivity contribution is 7.88. The maximum atomic E-state index is 14.4. The molecule has 4 fully saturated rings. The van der Waals surface area contributed by atoms with Gasteiger partial charge < -0.3 is 20.9 Å². The molecule has 0 aromatic rings. The third-order valence-corrected chi connectivity index (χ3v) is 10.6. The summed E-state index contributed by atoms with van der Waals surface area (Å²) in [4.78, 5) is 69.3. The Balaban J connectivity index is 1.55. The molecule has 3 aliphatic carbocycles. The average molecular weight is 652 g/mol. The molecule has 4 aliphatic rings. The second-order valence-corrected chi connectivity index (χ2v) is 16.6. The molecule has 1 saturated heterocycles. The molecule has 0 aromatic heterocycles. The van der Waals surface area contributed by atoms with Crippen molar-refractivity contribution in [2.75, 3.05) is 12.8 Å². The number of sulfonamides is 1. The number of Topliss-reactive ketones (excluding diaryl/α,β-unsaturated/α-hetero) is 1. The molecule has 1 heterocycles. The molecular weight excluding hydrogens is 598 g/mol. The van der Waals surface area contributed by atoms with Crippen LogP contribution in [-0.4, -0.2) is 85.7 Å². The van der Waals surface area contributed by atoms with Crippen LogP contribution in [0.15, 0.2) is 0 Å². The molecular formula is C32H53N5O7S. The number of ketones is 1. The zero-order valence-electron chi connectivity index (χ0n) is 27.5. The fourth-order valence-electron chi connectivity index (χ4n) is 7.43. The Hall–Kier alpha value is -2.54. The molecule has 0 radical (unpaired) electrons. The Kier molecular flexibility index (Phi) is 11.4. The smallest absolute Gasteiger partial charge is 0.289 e. The van der Waals surface area contributed by atoms with Gasteiger partial charge in [0.2, 0.25) is 33.5 Å². The van der Waals surface area contributed by atoms with Crippen LogP contribution in [-0.2, 0) is 34.0 Å². The van der Waals surface area contributed by atoms with Crippen molar-refractivity contribution in [3.8, 4) is 0 Å². The molecule has 45 heavy (non-hydrogen) atoms. The number of nitrogens with one attached hydrogen (secondary N) is 4. The van der Waals surface area contributed by atoms with Gasteiger partial charge in [-0.05, 0) is 68.1 Å². The number of carbonyl (C=O) groups is 5. The van der Waals surface area contributed by atoms with E-state index >= 15 is 0 Å². The summed E-state index contributed by atoms with van der Waals surface area (Å²) in [6.45, 7) is 7.72. The van der Waals surface area contributed by atoms with Crippen LogP contribution < -0.4 is 20.7 Å². The topological polar surface area (TPSA) is 171 Å². The summed E-state index contributed by atoms with van der Waals surface area (Å²) in [5, 5.41) is 8.44. The van der Waals surface area contributed by atoms with E-state index in [0.717, 1.165) is 57.6 Å². The summed E-state index contributed by atoms with van der Waals surface area (Å²) in [5.41, 5.74) is -0.755. The minimum Gasteiger partial charge on any atom is -0.347 e. The van der Waals surface area contributed by atoms with E-state index in [1.807, 2.05) is 27.7 Å². The lowest BCUT2D eigenvalue weighted by atomic mass is 9.82. The van der Waals surface area contributed by atoms with E-state index in [1.165, 1.54) is 0 Å². The number of nitrogens with zero attached hydrogens (tertiary/aromatic N) is 1. The average Bonchev–Trinajstić information content (AvgIpc) is 3.53. The van der Waals surface area contributed by atoms with Crippen LogP contribution in [0.2, 0.25) is 0 Å². The van der Waals surface area contributed by atoms with Crippen molar-refractivity contribution < 1.29 is 32.4 Å². The van der Waals surface area contributed by atoms with Crippen molar-refractivity contribution in [1.29, 1.82) is 0 Å². The molecule has 13 heteroatoms. The summed E-state index contributed by atoms with van der Waals surface area (Å²) in [6.07, 6.45) is 10.4. The second kappa shape index (κ2) is 14.5. The SMILES string of the molecule is CCC[C@H](NC(=O)[C@@H]1C2CCCC2CN1C(=O)[C@@H](NC(=O)[C@@H](NS(C)(=O)=O)C1CCCCC1)C(C)(C)C)C(=O)C(=O)NC1CC1. The van der Waals surface area contributed by atoms with E-state index in [1.54, 1.807) is 4.90 Å². The van der Waals surface area contributed by atoms with Gasteiger partial charge in [-0.2, -0.15) is 0 Å². The van der Waals surface area contributed by atoms with Crippen molar-refractivity contribution in [3.05, 3.63) is 0 Å². The lowest BCUT2D eigenvalue weighted by Gasteiger charge is -2.38. The lowest BCUT2D eigenvalue weighted by Crippen LogP contribution is -2.62. The summed E-state index contributed by atoms with van der Waals surface area (Å²) in [7, 11) is -3.70. The fourth-order valence-corrected chi connectivity index (χ4v) is 8.19. The first-order valence-corrected chi connectivity index (χ1v) is 18.7. The monoisotopic (exact) mass is 651 g/mol. The summed E-state index contributed by atoms with van der Waals surface area (Å²) < 4.78 is 27.1. The van der Waals surface area contributed by atoms with Gasteiger partial charge in [0, 0.05) is 12.6 Å². The van der Waals surface area contributed by atoms with E-state index in [0.29, 0.717) is 32.2 Å². The number of carbonyl (C=O) groups excluding carboxylic acids is 5. The van der Waals surface area contributed by atoms with Gasteiger partial charge in [-0.25, -0.2) is 13.1 Å². The largest absolute Gasteiger partial charge is 0.347 e. The molecule has 0 aromatic carbocycles.